The molecule has 0 aromatic carbocycles. The summed E-state index contributed by atoms with van der Waals surface area (Å²) in [6.45, 7) is 3.43. The monoisotopic (exact) mass is 1350 g/mol. The lowest BCUT2D eigenvalue weighted by Crippen LogP contribution is -2.64. The fourth-order valence-corrected chi connectivity index (χ4v) is 11.0. The van der Waals surface area contributed by atoms with Crippen LogP contribution in [0.3, 0.4) is 0 Å². The Balaban J connectivity index is 1.53. The maximum Gasteiger partial charge on any atom is 0.325 e. The van der Waals surface area contributed by atoms with Crippen LogP contribution in [0.25, 0.3) is 0 Å². The molecule has 7 amide bonds. The van der Waals surface area contributed by atoms with E-state index in [0.717, 1.165) is 6.66 Å². The van der Waals surface area contributed by atoms with Gasteiger partial charge < -0.3 is 125 Å². The highest BCUT2D eigenvalue weighted by atomic mass is 31.2. The smallest absolute Gasteiger partial charge is 0.325 e. The molecule has 16 N–H and O–H groups in total. The first-order valence-electron chi connectivity index (χ1n) is 32.0. The number of unbranched alkanes of at least 4 members (excludes halogenated alkanes) is 9. The zero-order valence-electron chi connectivity index (χ0n) is 53.5. The number of carbonyl (C=O) groups excluding carboxylic acids is 7. The van der Waals surface area contributed by atoms with E-state index >= 15 is 0 Å². The van der Waals surface area contributed by atoms with E-state index in [2.05, 4.69) is 26.6 Å². The highest BCUT2D eigenvalue weighted by Gasteiger charge is 2.48. The van der Waals surface area contributed by atoms with E-state index in [1.807, 2.05) is 0 Å². The van der Waals surface area contributed by atoms with Crippen LogP contribution < -0.4 is 26.6 Å². The minimum Gasteiger partial charge on any atom is -0.394 e. The Kier molecular flexibility index (Phi) is 39.7. The first kappa shape index (κ1) is 82.0. The van der Waals surface area contributed by atoms with Crippen molar-refractivity contribution in [2.24, 2.45) is 0 Å². The zero-order chi connectivity index (χ0) is 68.3. The second-order valence-electron chi connectivity index (χ2n) is 23.5. The second kappa shape index (κ2) is 44.5. The van der Waals surface area contributed by atoms with Crippen LogP contribution in [0, 0.1) is 0 Å². The highest BCUT2D eigenvalue weighted by molar-refractivity contribution is 7.51. The number of ether oxygens (including phenoxy) is 6. The molecule has 0 spiro atoms. The van der Waals surface area contributed by atoms with Gasteiger partial charge in [-0.15, -0.1) is 0 Å². The lowest BCUT2D eigenvalue weighted by atomic mass is 9.97. The van der Waals surface area contributed by atoms with Gasteiger partial charge in [-0.05, 0) is 57.8 Å². The van der Waals surface area contributed by atoms with E-state index in [0.29, 0.717) is 83.5 Å². The Morgan fingerprint density at radius 2 is 0.793 bits per heavy atom. The maximum atomic E-state index is 13.9. The van der Waals surface area contributed by atoms with E-state index in [-0.39, 0.29) is 109 Å². The third kappa shape index (κ3) is 30.7. The van der Waals surface area contributed by atoms with Crippen molar-refractivity contribution >= 4 is 48.9 Å². The molecule has 17 atom stereocenters. The lowest BCUT2D eigenvalue weighted by Gasteiger charge is -2.42. The number of aliphatic hydroxyl groups excluding tert-OH is 10. The fourth-order valence-electron chi connectivity index (χ4n) is 10.6. The molecule has 3 fully saturated rings. The molecule has 0 aromatic rings. The number of aliphatic hydroxyl groups is 10. The third-order valence-corrected chi connectivity index (χ3v) is 16.2. The molecule has 534 valence electrons. The van der Waals surface area contributed by atoms with Crippen molar-refractivity contribution in [1.29, 1.82) is 0 Å². The number of hydrogen-bond acceptors (Lipinski definition) is 25. The van der Waals surface area contributed by atoms with Crippen molar-refractivity contribution in [3.8, 4) is 0 Å². The van der Waals surface area contributed by atoms with Crippen molar-refractivity contribution < 1.29 is 127 Å². The van der Waals surface area contributed by atoms with Gasteiger partial charge in [-0.3, -0.25) is 38.1 Å². The number of rotatable bonds is 46. The van der Waals surface area contributed by atoms with Gasteiger partial charge in [0.05, 0.1) is 26.4 Å². The molecule has 92 heavy (non-hydrogen) atoms. The van der Waals surface area contributed by atoms with Gasteiger partial charge in [-0.25, -0.2) is 0 Å². The Hall–Kier alpha value is -4.20. The molecule has 3 aliphatic rings. The molecular weight excluding hydrogens is 1240 g/mol. The summed E-state index contributed by atoms with van der Waals surface area (Å²) in [5.74, 6) is -2.90. The topological polar surface area (TPSA) is 490 Å². The average Bonchev–Trinajstić information content (AvgIpc) is 0.873. The highest BCUT2D eigenvalue weighted by Crippen LogP contribution is 2.36. The Morgan fingerprint density at radius 1 is 0.467 bits per heavy atom. The van der Waals surface area contributed by atoms with Crippen molar-refractivity contribution in [3.63, 3.8) is 0 Å². The van der Waals surface area contributed by atoms with Crippen molar-refractivity contribution in [3.05, 3.63) is 0 Å². The van der Waals surface area contributed by atoms with Gasteiger partial charge in [0.1, 0.15) is 73.1 Å². The van der Waals surface area contributed by atoms with Gasteiger partial charge in [0.2, 0.25) is 35.4 Å². The summed E-state index contributed by atoms with van der Waals surface area (Å²) < 4.78 is 50.8. The molecule has 3 heterocycles. The molecule has 0 saturated carbocycles. The number of hydrogen-bond donors (Lipinski definition) is 16. The predicted molar refractivity (Wildman–Crippen MR) is 324 cm³/mol. The number of carbonyl (C=O) groups is 7. The first-order chi connectivity index (χ1) is 43.7. The molecule has 0 aromatic heterocycles. The van der Waals surface area contributed by atoms with Crippen LogP contribution in [0.4, 0.5) is 0 Å². The second-order valence-corrected chi connectivity index (χ2v) is 25.3. The first-order valence-corrected chi connectivity index (χ1v) is 34.0. The van der Waals surface area contributed by atoms with Crippen LogP contribution >= 0.6 is 7.60 Å². The largest absolute Gasteiger partial charge is 0.394 e. The Bertz CT molecular complexity index is 2230. The molecule has 3 saturated heterocycles. The van der Waals surface area contributed by atoms with Crippen molar-refractivity contribution in [1.82, 2.24) is 36.4 Å². The quantitative estimate of drug-likeness (QED) is 0.0204. The number of nitrogens with zero attached hydrogens (tertiary/aromatic N) is 2. The minimum absolute atomic E-state index is 0.0281. The van der Waals surface area contributed by atoms with Gasteiger partial charge in [0.15, 0.2) is 25.0 Å². The standard InChI is InChI=1S/C58H106N7O26P/c1-36(69)61-46-52(79)49(76)40(32-66)89-56(46)85-29-14-8-5-11-20-43(73)59-23-17-25-64(45(75)22-13-7-10-16-31-87-58-48(63-38(3)71)54(81)51(78)42(34-68)91-58)27-19-28-65(55(82)39(72)35-88-92(4,83)84)26-18-24-60-44(74)21-12-6-9-15-30-86-57-47(62-37(2)70)53(80)50(77)41(33-67)90-57/h39-42,46-54,56-58,66-68,72,76-81H,5-35H2,1-4H3,(H,59,73)(H,60,74)(H,61,69)(H,62,70)(H,63,71)(H,83,84)/t39?,40?,41?,42?,46?,47?,48?,49-,50-,51-,52+,53+,54+,56+,57+,58+/m0/s1. The summed E-state index contributed by atoms with van der Waals surface area (Å²) in [5, 5.41) is 115. The normalized spacial score (nSPS) is 27.4. The molecule has 0 radical (unpaired) electrons. The van der Waals surface area contributed by atoms with Crippen LogP contribution in [-0.4, -0.2) is 297 Å². The molecule has 3 aliphatic heterocycles. The van der Waals surface area contributed by atoms with E-state index < -0.39 is 156 Å². The molecule has 34 heteroatoms. The van der Waals surface area contributed by atoms with Crippen LogP contribution in [0.1, 0.15) is 136 Å². The molecule has 33 nitrogen and oxygen atoms in total. The van der Waals surface area contributed by atoms with Gasteiger partial charge in [0.25, 0.3) is 5.91 Å². The predicted octanol–water partition coefficient (Wildman–Crippen LogP) is -4.03. The molecule has 3 rings (SSSR count). The fraction of sp³-hybridized carbons (Fsp3) is 0.879. The Morgan fingerprint density at radius 3 is 1.14 bits per heavy atom. The minimum atomic E-state index is -4.07. The molecule has 8 unspecified atom stereocenters. The van der Waals surface area contributed by atoms with Crippen LogP contribution in [0.2, 0.25) is 0 Å². The summed E-state index contributed by atoms with van der Waals surface area (Å²) >= 11 is 0. The zero-order valence-corrected chi connectivity index (χ0v) is 54.4. The van der Waals surface area contributed by atoms with Gasteiger partial charge in [-0.2, -0.15) is 0 Å². The van der Waals surface area contributed by atoms with E-state index in [9.17, 15) is 94.1 Å². The SMILES string of the molecule is CC(=O)NC1[C@H](OCCCCCCC(=O)NCCCN(CCCN(CCCNC(=O)CCCCCCO[C@@H]2OC(CO)[C@H](O)[C@H](O)C2NC(C)=O)C(=O)C(O)COP(C)(=O)O)C(=O)CCCCCCO[C@@H]2OC(CO)[C@H](O)[C@H](O)C2NC(C)=O)OC(CO)[C@H](O)[C@@H]1O. The summed E-state index contributed by atoms with van der Waals surface area (Å²) in [7, 11) is -4.07. The Labute approximate surface area is 537 Å². The van der Waals surface area contributed by atoms with Crippen LogP contribution in [0.5, 0.6) is 0 Å². The molecular formula is C58H106N7O26P. The average molecular weight is 1350 g/mol. The van der Waals surface area contributed by atoms with Crippen LogP contribution in [-0.2, 0) is 71.1 Å². The van der Waals surface area contributed by atoms with E-state index in [4.69, 9.17) is 32.9 Å². The van der Waals surface area contributed by atoms with E-state index in [1.54, 1.807) is 4.90 Å². The van der Waals surface area contributed by atoms with Crippen molar-refractivity contribution in [2.45, 2.75) is 234 Å². The van der Waals surface area contributed by atoms with Crippen molar-refractivity contribution in [2.75, 3.05) is 92.2 Å². The molecule has 0 bridgehead atoms. The lowest BCUT2D eigenvalue weighted by molar-refractivity contribution is -0.270. The van der Waals surface area contributed by atoms with Crippen LogP contribution in [0.15, 0.2) is 0 Å². The number of amides is 7. The summed E-state index contributed by atoms with van der Waals surface area (Å²) in [5.41, 5.74) is 0. The summed E-state index contributed by atoms with van der Waals surface area (Å²) in [6, 6.07) is -3.21. The van der Waals surface area contributed by atoms with Gasteiger partial charge in [0, 0.05) is 106 Å². The van der Waals surface area contributed by atoms with E-state index in [1.165, 1.54) is 25.7 Å². The van der Waals surface area contributed by atoms with Gasteiger partial charge in [-0.1, -0.05) is 38.5 Å². The summed E-state index contributed by atoms with van der Waals surface area (Å²) in [6.07, 6.45) is -8.84. The molecule has 0 aliphatic carbocycles. The number of nitrogens with one attached hydrogen (secondary N) is 5. The third-order valence-electron chi connectivity index (χ3n) is 15.6. The van der Waals surface area contributed by atoms with Gasteiger partial charge >= 0.3 is 7.60 Å². The summed E-state index contributed by atoms with van der Waals surface area (Å²) in [4.78, 5) is 101. The maximum absolute atomic E-state index is 13.9.